The number of nitrogens with two attached hydrogens (primary N) is 1. The van der Waals surface area contributed by atoms with Crippen LogP contribution in [0.5, 0.6) is 5.75 Å². The van der Waals surface area contributed by atoms with Crippen molar-refractivity contribution in [2.45, 2.75) is 13.0 Å². The molecule has 0 heterocycles. The van der Waals surface area contributed by atoms with E-state index in [0.717, 1.165) is 5.56 Å². The number of para-hydroxylation sites is 1. The molecule has 1 unspecified atom stereocenters. The van der Waals surface area contributed by atoms with Crippen LogP contribution in [0.3, 0.4) is 0 Å². The number of halogens is 1. The predicted octanol–water partition coefficient (Wildman–Crippen LogP) is 3.54. The molecule has 4 heteroatoms. The highest BCUT2D eigenvalue weighted by atomic mass is 19.1. The molecule has 2 aromatic carbocycles. The van der Waals surface area contributed by atoms with Crippen molar-refractivity contribution in [3.63, 3.8) is 0 Å². The van der Waals surface area contributed by atoms with E-state index in [1.54, 1.807) is 19.2 Å². The molecule has 2 aromatic rings. The first-order valence-corrected chi connectivity index (χ1v) is 6.89. The molecule has 0 aliphatic carbocycles. The minimum absolute atomic E-state index is 0.147. The summed E-state index contributed by atoms with van der Waals surface area (Å²) >= 11 is 0. The van der Waals surface area contributed by atoms with Crippen molar-refractivity contribution in [2.24, 2.45) is 5.73 Å². The summed E-state index contributed by atoms with van der Waals surface area (Å²) in [6.07, 6.45) is 0. The van der Waals surface area contributed by atoms with E-state index >= 15 is 0 Å². The van der Waals surface area contributed by atoms with E-state index in [9.17, 15) is 4.39 Å². The standard InChI is InChI=1S/C17H20FNO2/c1-12(19)13-7-8-16(18)15(11-13)14-5-3-4-6-17(14)21-10-9-20-2/h3-8,11-12H,9-10,19H2,1-2H3. The van der Waals surface area contributed by atoms with Crippen LogP contribution in [0.15, 0.2) is 42.5 Å². The van der Waals surface area contributed by atoms with E-state index < -0.39 is 0 Å². The van der Waals surface area contributed by atoms with Crippen LogP contribution in [0.2, 0.25) is 0 Å². The maximum atomic E-state index is 14.2. The van der Waals surface area contributed by atoms with Gasteiger partial charge in [-0.05, 0) is 30.7 Å². The Morgan fingerprint density at radius 3 is 2.57 bits per heavy atom. The monoisotopic (exact) mass is 289 g/mol. The van der Waals surface area contributed by atoms with Gasteiger partial charge < -0.3 is 15.2 Å². The Labute approximate surface area is 124 Å². The number of rotatable bonds is 6. The Morgan fingerprint density at radius 2 is 1.86 bits per heavy atom. The van der Waals surface area contributed by atoms with Gasteiger partial charge in [0.2, 0.25) is 0 Å². The highest BCUT2D eigenvalue weighted by molar-refractivity contribution is 5.71. The second-order valence-corrected chi connectivity index (χ2v) is 4.87. The molecule has 21 heavy (non-hydrogen) atoms. The van der Waals surface area contributed by atoms with Gasteiger partial charge in [-0.1, -0.05) is 24.3 Å². The topological polar surface area (TPSA) is 44.5 Å². The number of ether oxygens (including phenoxy) is 2. The molecule has 2 rings (SSSR count). The van der Waals surface area contributed by atoms with E-state index in [0.29, 0.717) is 30.1 Å². The fourth-order valence-corrected chi connectivity index (χ4v) is 2.08. The van der Waals surface area contributed by atoms with E-state index in [4.69, 9.17) is 15.2 Å². The lowest BCUT2D eigenvalue weighted by Gasteiger charge is -2.14. The number of benzene rings is 2. The molecule has 1 atom stereocenters. The minimum atomic E-state index is -0.290. The third-order valence-electron chi connectivity index (χ3n) is 3.24. The van der Waals surface area contributed by atoms with Crippen molar-refractivity contribution in [1.82, 2.24) is 0 Å². The van der Waals surface area contributed by atoms with Crippen LogP contribution in [0.4, 0.5) is 4.39 Å². The quantitative estimate of drug-likeness (QED) is 0.827. The molecule has 3 nitrogen and oxygen atoms in total. The summed E-state index contributed by atoms with van der Waals surface area (Å²) in [7, 11) is 1.61. The molecule has 0 aromatic heterocycles. The zero-order valence-electron chi connectivity index (χ0n) is 12.3. The average molecular weight is 289 g/mol. The largest absolute Gasteiger partial charge is 0.491 e. The zero-order valence-corrected chi connectivity index (χ0v) is 12.3. The molecule has 0 fully saturated rings. The van der Waals surface area contributed by atoms with Crippen LogP contribution in [-0.4, -0.2) is 20.3 Å². The van der Waals surface area contributed by atoms with Crippen molar-refractivity contribution in [3.8, 4) is 16.9 Å². The Kier molecular flexibility index (Phi) is 5.31. The Morgan fingerprint density at radius 1 is 1.10 bits per heavy atom. The van der Waals surface area contributed by atoms with Crippen LogP contribution in [0, 0.1) is 5.82 Å². The van der Waals surface area contributed by atoms with Gasteiger partial charge in [0.05, 0.1) is 6.61 Å². The van der Waals surface area contributed by atoms with Gasteiger partial charge in [-0.15, -0.1) is 0 Å². The summed E-state index contributed by atoms with van der Waals surface area (Å²) in [5.74, 6) is 0.345. The first kappa shape index (κ1) is 15.5. The van der Waals surface area contributed by atoms with Crippen LogP contribution in [0.25, 0.3) is 11.1 Å². The van der Waals surface area contributed by atoms with Crippen LogP contribution in [-0.2, 0) is 4.74 Å². The summed E-state index contributed by atoms with van der Waals surface area (Å²) in [6.45, 7) is 2.77. The molecule has 0 saturated carbocycles. The lowest BCUT2D eigenvalue weighted by Crippen LogP contribution is -2.07. The van der Waals surface area contributed by atoms with E-state index in [-0.39, 0.29) is 11.9 Å². The predicted molar refractivity (Wildman–Crippen MR) is 81.8 cm³/mol. The zero-order chi connectivity index (χ0) is 15.2. The van der Waals surface area contributed by atoms with E-state index in [1.807, 2.05) is 31.2 Å². The second-order valence-electron chi connectivity index (χ2n) is 4.87. The summed E-state index contributed by atoms with van der Waals surface area (Å²) in [5, 5.41) is 0. The summed E-state index contributed by atoms with van der Waals surface area (Å²) < 4.78 is 24.8. The maximum Gasteiger partial charge on any atom is 0.131 e. The third-order valence-corrected chi connectivity index (χ3v) is 3.24. The lowest BCUT2D eigenvalue weighted by atomic mass is 9.99. The Hall–Kier alpha value is -1.91. The molecular formula is C17H20FNO2. The third kappa shape index (κ3) is 3.80. The molecule has 0 radical (unpaired) electrons. The van der Waals surface area contributed by atoms with E-state index in [2.05, 4.69) is 0 Å². The number of hydrogen-bond acceptors (Lipinski definition) is 3. The Bertz CT molecular complexity index is 599. The molecule has 0 aliphatic rings. The van der Waals surface area contributed by atoms with Crippen LogP contribution in [0.1, 0.15) is 18.5 Å². The molecule has 0 aliphatic heterocycles. The second kappa shape index (κ2) is 7.20. The first-order chi connectivity index (χ1) is 10.1. The molecule has 112 valence electrons. The molecule has 0 spiro atoms. The van der Waals surface area contributed by atoms with Gasteiger partial charge in [-0.3, -0.25) is 0 Å². The number of methoxy groups -OCH3 is 1. The highest BCUT2D eigenvalue weighted by Crippen LogP contribution is 2.33. The summed E-state index contributed by atoms with van der Waals surface area (Å²) in [4.78, 5) is 0. The van der Waals surface area contributed by atoms with Crippen molar-refractivity contribution in [1.29, 1.82) is 0 Å². The number of hydrogen-bond donors (Lipinski definition) is 1. The summed E-state index contributed by atoms with van der Waals surface area (Å²) in [6, 6.07) is 12.2. The fourth-order valence-electron chi connectivity index (χ4n) is 2.08. The van der Waals surface area contributed by atoms with Crippen LogP contribution < -0.4 is 10.5 Å². The fraction of sp³-hybridized carbons (Fsp3) is 0.294. The van der Waals surface area contributed by atoms with Gasteiger partial charge in [0.1, 0.15) is 18.2 Å². The molecule has 0 amide bonds. The van der Waals surface area contributed by atoms with Gasteiger partial charge in [0, 0.05) is 24.3 Å². The van der Waals surface area contributed by atoms with Gasteiger partial charge >= 0.3 is 0 Å². The smallest absolute Gasteiger partial charge is 0.131 e. The molecular weight excluding hydrogens is 269 g/mol. The van der Waals surface area contributed by atoms with Gasteiger partial charge in [0.25, 0.3) is 0 Å². The van der Waals surface area contributed by atoms with Crippen molar-refractivity contribution < 1.29 is 13.9 Å². The lowest BCUT2D eigenvalue weighted by molar-refractivity contribution is 0.146. The van der Waals surface area contributed by atoms with Gasteiger partial charge in [-0.2, -0.15) is 0 Å². The molecule has 0 saturated heterocycles. The summed E-state index contributed by atoms with van der Waals surface area (Å²) in [5.41, 5.74) is 7.98. The van der Waals surface area contributed by atoms with E-state index in [1.165, 1.54) is 6.07 Å². The highest BCUT2D eigenvalue weighted by Gasteiger charge is 2.12. The average Bonchev–Trinajstić information content (AvgIpc) is 2.48. The van der Waals surface area contributed by atoms with Crippen molar-refractivity contribution in [2.75, 3.05) is 20.3 Å². The molecule has 0 bridgehead atoms. The molecule has 2 N–H and O–H groups in total. The Balaban J connectivity index is 2.39. The van der Waals surface area contributed by atoms with Crippen molar-refractivity contribution >= 4 is 0 Å². The normalized spacial score (nSPS) is 12.2. The first-order valence-electron chi connectivity index (χ1n) is 6.89. The SMILES string of the molecule is COCCOc1ccccc1-c1cc(C(C)N)ccc1F. The van der Waals surface area contributed by atoms with Crippen LogP contribution >= 0.6 is 0 Å². The van der Waals surface area contributed by atoms with Gasteiger partial charge in [0.15, 0.2) is 0 Å². The minimum Gasteiger partial charge on any atom is -0.491 e. The maximum absolute atomic E-state index is 14.2. The van der Waals surface area contributed by atoms with Crippen molar-refractivity contribution in [3.05, 3.63) is 53.8 Å². The van der Waals surface area contributed by atoms with Gasteiger partial charge in [-0.25, -0.2) is 4.39 Å².